The van der Waals surface area contributed by atoms with Crippen LogP contribution in [0.3, 0.4) is 0 Å². The van der Waals surface area contributed by atoms with Gasteiger partial charge in [0.2, 0.25) is 0 Å². The molecule has 798 valence electrons. The van der Waals surface area contributed by atoms with Crippen molar-refractivity contribution in [2.75, 3.05) is 39.6 Å². The second kappa shape index (κ2) is 80.3. The maximum absolute atomic E-state index is 16.5. The van der Waals surface area contributed by atoms with Gasteiger partial charge in [-0.25, -0.2) is 28.8 Å². The maximum Gasteiger partial charge on any atom is 0.345 e. The maximum atomic E-state index is 16.5. The van der Waals surface area contributed by atoms with Crippen molar-refractivity contribution < 1.29 is 85.6 Å². The molecule has 0 aliphatic rings. The summed E-state index contributed by atoms with van der Waals surface area (Å²) in [5, 5.41) is 0. The van der Waals surface area contributed by atoms with Crippen molar-refractivity contribution in [3.8, 4) is 69.0 Å². The largest absolute Gasteiger partial charge is 0.494 e. The lowest BCUT2D eigenvalue weighted by Crippen LogP contribution is -2.34. The second-order valence-electron chi connectivity index (χ2n) is 39.7. The summed E-state index contributed by atoms with van der Waals surface area (Å²) >= 11 is 0. The van der Waals surface area contributed by atoms with E-state index in [2.05, 4.69) is 41.5 Å². The third-order valence-corrected chi connectivity index (χ3v) is 27.0. The van der Waals surface area contributed by atoms with Crippen LogP contribution in [-0.2, 0) is 0 Å². The molecule has 0 amide bonds. The molecular weight excluding hydrogens is 1800 g/mol. The molecule has 0 unspecified atom stereocenters. The monoisotopic (exact) mass is 1990 g/mol. The highest BCUT2D eigenvalue weighted by molar-refractivity contribution is 6.25. The van der Waals surface area contributed by atoms with E-state index in [9.17, 15) is 0 Å². The molecule has 0 aliphatic heterocycles. The summed E-state index contributed by atoms with van der Waals surface area (Å²) in [6.45, 7) is 16.0. The van der Waals surface area contributed by atoms with Crippen molar-refractivity contribution in [1.82, 2.24) is 0 Å². The average molecular weight is 1990 g/mol. The topological polar surface area (TPSA) is 213 Å². The summed E-state index contributed by atoms with van der Waals surface area (Å²) in [6.07, 6.45) is 77.2. The minimum atomic E-state index is -1.48. The van der Waals surface area contributed by atoms with Crippen molar-refractivity contribution in [2.24, 2.45) is 0 Å². The van der Waals surface area contributed by atoms with E-state index in [-0.39, 0.29) is 34.5 Å². The van der Waals surface area contributed by atoms with Crippen LogP contribution < -0.4 is 56.8 Å². The van der Waals surface area contributed by atoms with Gasteiger partial charge in [0.25, 0.3) is 0 Å². The van der Waals surface area contributed by atoms with Crippen molar-refractivity contribution in [1.29, 1.82) is 0 Å². The summed E-state index contributed by atoms with van der Waals surface area (Å²) in [7, 11) is 0. The Morgan fingerprint density at radius 1 is 0.125 bits per heavy atom. The summed E-state index contributed by atoms with van der Waals surface area (Å²) in [5.74, 6) is -6.76. The van der Waals surface area contributed by atoms with Gasteiger partial charge in [0.1, 0.15) is 69.0 Å². The first-order valence-corrected chi connectivity index (χ1v) is 57.8. The molecule has 7 aromatic carbocycles. The van der Waals surface area contributed by atoms with Crippen LogP contribution in [-0.4, -0.2) is 75.5 Å². The van der Waals surface area contributed by atoms with Crippen molar-refractivity contribution in [3.63, 3.8) is 0 Å². The molecule has 0 aliphatic carbocycles. The Morgan fingerprint density at radius 3 is 0.306 bits per heavy atom. The van der Waals surface area contributed by atoms with Crippen LogP contribution in [0, 0.1) is 0 Å². The molecule has 7 rings (SSSR count). The van der Waals surface area contributed by atoms with E-state index in [0.717, 1.165) is 154 Å². The third-order valence-electron chi connectivity index (χ3n) is 27.0. The zero-order chi connectivity index (χ0) is 102. The van der Waals surface area contributed by atoms with E-state index < -0.39 is 69.2 Å². The molecule has 0 bridgehead atoms. The van der Waals surface area contributed by atoms with Gasteiger partial charge in [-0.15, -0.1) is 0 Å². The first-order chi connectivity index (χ1) is 70.9. The SMILES string of the molecule is CCCCCCCCCCCCCOc1ccc(OC(=O)c2c(C(=O)Oc3ccc(OCCCCCCCCCCCCC)cc3)c(C(=O)Oc3ccc(OCCCCCCCCCCCCC)cc3)c(C(=O)Oc3ccc(OCCCCCCCCCCCCC)cc3)c(C(=O)Oc3ccc(OCCCCCCCCCCCCC)cc3)c2C(=O)Oc2ccc(OCCCCCCCCCCCCC)cc2)cc1. The minimum absolute atomic E-state index is 0.118. The minimum Gasteiger partial charge on any atom is -0.494 e. The number of unbranched alkanes of at least 4 members (excludes halogenated alkanes) is 60. The van der Waals surface area contributed by atoms with Crippen molar-refractivity contribution in [2.45, 2.75) is 465 Å². The van der Waals surface area contributed by atoms with Gasteiger partial charge in [-0.1, -0.05) is 427 Å². The molecule has 144 heavy (non-hydrogen) atoms. The normalized spacial score (nSPS) is 11.2. The van der Waals surface area contributed by atoms with Gasteiger partial charge in [-0.2, -0.15) is 0 Å². The van der Waals surface area contributed by atoms with E-state index in [1.54, 1.807) is 72.8 Å². The highest BCUT2D eigenvalue weighted by Crippen LogP contribution is 2.38. The Labute approximate surface area is 869 Å². The van der Waals surface area contributed by atoms with Crippen molar-refractivity contribution in [3.05, 3.63) is 179 Å². The lowest BCUT2D eigenvalue weighted by atomic mass is 9.85. The van der Waals surface area contributed by atoms with Gasteiger partial charge in [0, 0.05) is 0 Å². The number of carbonyl (C=O) groups is 6. The summed E-state index contributed by atoms with van der Waals surface area (Å²) < 4.78 is 75.6. The highest BCUT2D eigenvalue weighted by atomic mass is 16.6. The van der Waals surface area contributed by atoms with Crippen LogP contribution in [0.5, 0.6) is 69.0 Å². The summed E-state index contributed by atoms with van der Waals surface area (Å²) in [6, 6.07) is 37.2. The quantitative estimate of drug-likeness (QED) is 0.0197. The number of hydrogen-bond donors (Lipinski definition) is 0. The van der Waals surface area contributed by atoms with Crippen LogP contribution in [0.15, 0.2) is 146 Å². The molecule has 0 spiro atoms. The Balaban J connectivity index is 1.35. The Kier molecular flexibility index (Phi) is 67.5. The van der Waals surface area contributed by atoms with E-state index in [1.807, 2.05) is 0 Å². The van der Waals surface area contributed by atoms with E-state index in [4.69, 9.17) is 56.8 Å². The van der Waals surface area contributed by atoms with Gasteiger partial charge in [-0.05, 0) is 184 Å². The molecule has 0 fully saturated rings. The zero-order valence-electron chi connectivity index (χ0n) is 90.1. The average Bonchev–Trinajstić information content (AvgIpc) is 0.723. The molecule has 18 nitrogen and oxygen atoms in total. The zero-order valence-corrected chi connectivity index (χ0v) is 90.1. The molecule has 0 radical (unpaired) electrons. The van der Waals surface area contributed by atoms with Gasteiger partial charge in [-0.3, -0.25) is 0 Å². The third kappa shape index (κ3) is 53.5. The molecule has 0 N–H and O–H groups in total. The van der Waals surface area contributed by atoms with E-state index in [0.29, 0.717) is 74.1 Å². The smallest absolute Gasteiger partial charge is 0.345 e. The lowest BCUT2D eigenvalue weighted by Gasteiger charge is -2.22. The number of benzene rings is 7. The Morgan fingerprint density at radius 2 is 0.208 bits per heavy atom. The number of carbonyl (C=O) groups excluding carboxylic acids is 6. The molecule has 0 saturated carbocycles. The molecule has 0 heterocycles. The molecule has 0 aromatic heterocycles. The van der Waals surface area contributed by atoms with Crippen LogP contribution >= 0.6 is 0 Å². The van der Waals surface area contributed by atoms with Gasteiger partial charge in [0.05, 0.1) is 73.0 Å². The Hall–Kier alpha value is -9.84. The van der Waals surface area contributed by atoms with Gasteiger partial charge < -0.3 is 56.8 Å². The number of ether oxygens (including phenoxy) is 12. The van der Waals surface area contributed by atoms with E-state index >= 15 is 28.8 Å². The van der Waals surface area contributed by atoms with Gasteiger partial charge >= 0.3 is 35.8 Å². The predicted molar refractivity (Wildman–Crippen MR) is 587 cm³/mol. The molecule has 18 heteroatoms. The lowest BCUT2D eigenvalue weighted by molar-refractivity contribution is 0.0635. The molecule has 0 atom stereocenters. The van der Waals surface area contributed by atoms with Crippen LogP contribution in [0.1, 0.15) is 527 Å². The standard InChI is InChI=1S/C126H186O18/c1-7-13-19-25-31-37-43-49-55-61-67-97-133-103-73-85-109(86-74-103)139-121(127)115-116(122(128)140-110-87-75-104(76-88-110)134-98-68-62-56-50-44-38-32-26-20-14-8-2)118(124(130)142-112-91-79-106(80-92-112)136-100-70-64-58-52-46-40-34-28-22-16-10-4)120(126(132)144-114-95-83-108(84-96-114)138-102-72-66-60-54-48-42-36-30-24-18-12-6)119(125(131)143-113-93-81-107(82-94-113)137-101-71-65-59-53-47-41-35-29-23-17-11-5)117(115)123(129)141-111-89-77-105(78-90-111)135-99-69-63-57-51-45-39-33-27-21-15-9-3/h73-96H,7-72,97-102H2,1-6H3. The fourth-order valence-electron chi connectivity index (χ4n) is 18.3. The van der Waals surface area contributed by atoms with Crippen LogP contribution in [0.4, 0.5) is 0 Å². The van der Waals surface area contributed by atoms with Gasteiger partial charge in [0.15, 0.2) is 0 Å². The first-order valence-electron chi connectivity index (χ1n) is 57.8. The molecular formula is C126H186O18. The number of esters is 6. The van der Waals surface area contributed by atoms with Crippen LogP contribution in [0.25, 0.3) is 0 Å². The Bertz CT molecular complexity index is 3710. The highest BCUT2D eigenvalue weighted by Gasteiger charge is 2.45. The summed E-state index contributed by atoms with van der Waals surface area (Å²) in [4.78, 5) is 99.0. The van der Waals surface area contributed by atoms with Crippen molar-refractivity contribution >= 4 is 35.8 Å². The predicted octanol–water partition coefficient (Wildman–Crippen LogP) is 37.1. The fourth-order valence-corrected chi connectivity index (χ4v) is 18.3. The van der Waals surface area contributed by atoms with E-state index in [1.165, 1.54) is 342 Å². The number of hydrogen-bond acceptors (Lipinski definition) is 18. The summed E-state index contributed by atoms with van der Waals surface area (Å²) in [5.41, 5.74) is -6.29. The first kappa shape index (κ1) is 121. The number of rotatable bonds is 90. The fraction of sp³-hybridized carbons (Fsp3) is 0.619. The van der Waals surface area contributed by atoms with Crippen LogP contribution in [0.2, 0.25) is 0 Å². The molecule has 7 aromatic rings. The molecule has 0 saturated heterocycles. The second-order valence-corrected chi connectivity index (χ2v) is 39.7.